The zero-order chi connectivity index (χ0) is 32.5. The van der Waals surface area contributed by atoms with Crippen molar-refractivity contribution in [3.8, 4) is 17.2 Å². The molecule has 3 aromatic carbocycles. The van der Waals surface area contributed by atoms with Crippen molar-refractivity contribution < 1.29 is 41.7 Å². The third-order valence-corrected chi connectivity index (χ3v) is 10.2. The number of nitrogens with zero attached hydrogens (tertiary/aromatic N) is 2. The standard InChI is InChI=1S/C34H31N3O9S/c1-42-28-11-8-23(18-30(28)47(40,41)37-12-14-43-15-13-37)35-31(38)19-44-34(39)32-24-4-2-3-5-26(24)36-33-22(7-9-25(32)33)16-21-6-10-27-29(17-21)46-20-45-27/h2-6,8,10-11,16-18H,7,9,12-15,19-20H2,1H3,(H,35,38)/b22-16-. The number of ether oxygens (including phenoxy) is 5. The second kappa shape index (κ2) is 12.7. The van der Waals surface area contributed by atoms with Crippen molar-refractivity contribution in [3.05, 3.63) is 83.0 Å². The Labute approximate surface area is 270 Å². The van der Waals surface area contributed by atoms with Crippen molar-refractivity contribution in [2.45, 2.75) is 17.7 Å². The molecule has 0 atom stereocenters. The maximum atomic E-state index is 13.6. The number of hydrogen-bond acceptors (Lipinski definition) is 10. The molecular weight excluding hydrogens is 626 g/mol. The first-order chi connectivity index (χ1) is 22.8. The number of fused-ring (bicyclic) bond motifs is 3. The number of allylic oxidation sites excluding steroid dienone is 1. The summed E-state index contributed by atoms with van der Waals surface area (Å²) in [6, 6.07) is 17.4. The Morgan fingerprint density at radius 2 is 1.81 bits per heavy atom. The number of sulfonamides is 1. The number of benzene rings is 3. The monoisotopic (exact) mass is 657 g/mol. The molecule has 12 nitrogen and oxygen atoms in total. The zero-order valence-electron chi connectivity index (χ0n) is 25.5. The van der Waals surface area contributed by atoms with Gasteiger partial charge in [-0.15, -0.1) is 0 Å². The molecule has 242 valence electrons. The number of esters is 1. The molecule has 1 saturated heterocycles. The summed E-state index contributed by atoms with van der Waals surface area (Å²) in [6.07, 6.45) is 3.27. The topological polar surface area (TPSA) is 143 Å². The van der Waals surface area contributed by atoms with Gasteiger partial charge >= 0.3 is 5.97 Å². The van der Waals surface area contributed by atoms with E-state index in [1.54, 1.807) is 0 Å². The Balaban J connectivity index is 1.10. The van der Waals surface area contributed by atoms with Gasteiger partial charge in [-0.2, -0.15) is 4.31 Å². The van der Waals surface area contributed by atoms with Gasteiger partial charge in [-0.25, -0.2) is 18.2 Å². The van der Waals surface area contributed by atoms with Gasteiger partial charge in [-0.3, -0.25) is 4.79 Å². The summed E-state index contributed by atoms with van der Waals surface area (Å²) in [5, 5.41) is 3.27. The van der Waals surface area contributed by atoms with Gasteiger partial charge in [0.2, 0.25) is 16.8 Å². The summed E-state index contributed by atoms with van der Waals surface area (Å²) in [4.78, 5) is 31.4. The first-order valence-corrected chi connectivity index (χ1v) is 16.5. The van der Waals surface area contributed by atoms with Crippen LogP contribution < -0.4 is 19.5 Å². The van der Waals surface area contributed by atoms with E-state index in [1.807, 2.05) is 48.5 Å². The summed E-state index contributed by atoms with van der Waals surface area (Å²) in [5.74, 6) is 0.242. The van der Waals surface area contributed by atoms with Crippen LogP contribution in [0.25, 0.3) is 22.6 Å². The van der Waals surface area contributed by atoms with Gasteiger partial charge in [0, 0.05) is 24.2 Å². The summed E-state index contributed by atoms with van der Waals surface area (Å²) >= 11 is 0. The second-order valence-corrected chi connectivity index (χ2v) is 13.0. The van der Waals surface area contributed by atoms with Gasteiger partial charge in [0.1, 0.15) is 10.6 Å². The van der Waals surface area contributed by atoms with Crippen LogP contribution in [0, 0.1) is 0 Å². The lowest BCUT2D eigenvalue weighted by atomic mass is 10.0. The van der Waals surface area contributed by atoms with Crippen molar-refractivity contribution in [3.63, 3.8) is 0 Å². The molecule has 3 aliphatic rings. The number of rotatable bonds is 8. The molecule has 0 radical (unpaired) electrons. The Morgan fingerprint density at radius 1 is 1.00 bits per heavy atom. The van der Waals surface area contributed by atoms with Crippen LogP contribution in [0.15, 0.2) is 65.6 Å². The molecule has 0 saturated carbocycles. The van der Waals surface area contributed by atoms with Crippen LogP contribution in [0.4, 0.5) is 5.69 Å². The number of carbonyl (C=O) groups is 2. The minimum absolute atomic E-state index is 0.0832. The van der Waals surface area contributed by atoms with E-state index in [1.165, 1.54) is 29.6 Å². The van der Waals surface area contributed by atoms with E-state index in [0.29, 0.717) is 46.5 Å². The van der Waals surface area contributed by atoms with E-state index >= 15 is 0 Å². The fourth-order valence-electron chi connectivity index (χ4n) is 6.00. The molecule has 1 amide bonds. The molecule has 13 heteroatoms. The first-order valence-electron chi connectivity index (χ1n) is 15.1. The fourth-order valence-corrected chi connectivity index (χ4v) is 7.59. The minimum atomic E-state index is -3.91. The SMILES string of the molecule is COc1ccc(NC(=O)COC(=O)c2c3c(nc4ccccc24)/C(=C\c2ccc4c(c2)OCO4)CC3)cc1S(=O)(=O)N1CCOCC1. The Bertz CT molecular complexity index is 2040. The first kappa shape index (κ1) is 30.7. The molecule has 2 aliphatic heterocycles. The van der Waals surface area contributed by atoms with Gasteiger partial charge in [0.05, 0.1) is 37.1 Å². The van der Waals surface area contributed by atoms with Crippen LogP contribution >= 0.6 is 0 Å². The van der Waals surface area contributed by atoms with Crippen LogP contribution in [0.2, 0.25) is 0 Å². The number of pyridine rings is 1. The molecule has 4 aromatic rings. The van der Waals surface area contributed by atoms with Crippen LogP contribution in [0.1, 0.15) is 33.6 Å². The lowest BCUT2D eigenvalue weighted by molar-refractivity contribution is -0.119. The summed E-state index contributed by atoms with van der Waals surface area (Å²) < 4.78 is 55.1. The molecule has 0 bridgehead atoms. The normalized spacial score (nSPS) is 16.7. The predicted molar refractivity (Wildman–Crippen MR) is 172 cm³/mol. The maximum absolute atomic E-state index is 13.6. The van der Waals surface area contributed by atoms with E-state index in [9.17, 15) is 18.0 Å². The number of amides is 1. The highest BCUT2D eigenvalue weighted by Gasteiger charge is 2.31. The number of anilines is 1. The Hall–Kier alpha value is -4.98. The van der Waals surface area contributed by atoms with E-state index in [0.717, 1.165) is 16.7 Å². The number of morpholine rings is 1. The predicted octanol–water partition coefficient (Wildman–Crippen LogP) is 4.28. The average Bonchev–Trinajstić information content (AvgIpc) is 3.73. The molecule has 1 aromatic heterocycles. The quantitative estimate of drug-likeness (QED) is 0.273. The minimum Gasteiger partial charge on any atom is -0.495 e. The number of aromatic nitrogens is 1. The average molecular weight is 658 g/mol. The van der Waals surface area contributed by atoms with E-state index in [2.05, 4.69) is 5.32 Å². The van der Waals surface area contributed by atoms with E-state index in [-0.39, 0.29) is 49.4 Å². The summed E-state index contributed by atoms with van der Waals surface area (Å²) in [7, 11) is -2.53. The van der Waals surface area contributed by atoms with Crippen molar-refractivity contribution in [2.24, 2.45) is 0 Å². The maximum Gasteiger partial charge on any atom is 0.339 e. The molecule has 7 rings (SSSR count). The molecular formula is C34H31N3O9S. The third-order valence-electron chi connectivity index (χ3n) is 8.25. The lowest BCUT2D eigenvalue weighted by Crippen LogP contribution is -2.40. The second-order valence-electron chi connectivity index (χ2n) is 11.1. The summed E-state index contributed by atoms with van der Waals surface area (Å²) in [6.45, 7) is 0.602. The largest absolute Gasteiger partial charge is 0.495 e. The number of hydrogen-bond donors (Lipinski definition) is 1. The zero-order valence-corrected chi connectivity index (χ0v) is 26.3. The number of carbonyl (C=O) groups excluding carboxylic acids is 2. The highest BCUT2D eigenvalue weighted by atomic mass is 32.2. The Kier molecular flexibility index (Phi) is 8.26. The third kappa shape index (κ3) is 6.00. The summed E-state index contributed by atoms with van der Waals surface area (Å²) in [5.41, 5.74) is 4.58. The van der Waals surface area contributed by atoms with Crippen molar-refractivity contribution in [1.82, 2.24) is 9.29 Å². The fraction of sp³-hybridized carbons (Fsp3) is 0.265. The molecule has 1 aliphatic carbocycles. The van der Waals surface area contributed by atoms with E-state index in [4.69, 9.17) is 28.7 Å². The van der Waals surface area contributed by atoms with E-state index < -0.39 is 28.5 Å². The van der Waals surface area contributed by atoms with Gasteiger partial charge in [-0.05, 0) is 72.0 Å². The van der Waals surface area contributed by atoms with Crippen LogP contribution in [-0.4, -0.2) is 76.4 Å². The van der Waals surface area contributed by atoms with Crippen molar-refractivity contribution in [2.75, 3.05) is 52.1 Å². The highest BCUT2D eigenvalue weighted by Crippen LogP contribution is 2.39. The van der Waals surface area contributed by atoms with Gasteiger partial charge in [-0.1, -0.05) is 24.3 Å². The lowest BCUT2D eigenvalue weighted by Gasteiger charge is -2.26. The smallest absolute Gasteiger partial charge is 0.339 e. The number of methoxy groups -OCH3 is 1. The van der Waals surface area contributed by atoms with Gasteiger partial charge in [0.25, 0.3) is 5.91 Å². The molecule has 1 fully saturated rings. The molecule has 47 heavy (non-hydrogen) atoms. The highest BCUT2D eigenvalue weighted by molar-refractivity contribution is 7.89. The van der Waals surface area contributed by atoms with Crippen LogP contribution in [-0.2, 0) is 30.7 Å². The molecule has 0 unspecified atom stereocenters. The molecule has 1 N–H and O–H groups in total. The van der Waals surface area contributed by atoms with Crippen LogP contribution in [0.5, 0.6) is 17.2 Å². The Morgan fingerprint density at radius 3 is 2.64 bits per heavy atom. The van der Waals surface area contributed by atoms with Crippen molar-refractivity contribution in [1.29, 1.82) is 0 Å². The van der Waals surface area contributed by atoms with Crippen molar-refractivity contribution >= 4 is 50.1 Å². The number of para-hydroxylation sites is 1. The molecule has 0 spiro atoms. The van der Waals surface area contributed by atoms with Crippen LogP contribution in [0.3, 0.4) is 0 Å². The number of nitrogens with one attached hydrogen (secondary N) is 1. The van der Waals surface area contributed by atoms with Gasteiger partial charge < -0.3 is 29.0 Å². The van der Waals surface area contributed by atoms with Gasteiger partial charge in [0.15, 0.2) is 18.1 Å². The molecule has 3 heterocycles.